The number of alkyl halides is 3. The second-order valence-electron chi connectivity index (χ2n) is 5.43. The van der Waals surface area contributed by atoms with Gasteiger partial charge in [-0.1, -0.05) is 30.3 Å². The number of ether oxygens (including phenoxy) is 1. The van der Waals surface area contributed by atoms with E-state index in [4.69, 9.17) is 0 Å². The van der Waals surface area contributed by atoms with Crippen molar-refractivity contribution >= 4 is 17.7 Å². The third-order valence-corrected chi connectivity index (χ3v) is 3.57. The van der Waals surface area contributed by atoms with Crippen LogP contribution in [-0.2, 0) is 15.7 Å². The smallest absolute Gasteiger partial charge is 0.416 e. The highest BCUT2D eigenvalue weighted by Gasteiger charge is 2.30. The van der Waals surface area contributed by atoms with Gasteiger partial charge in [0.2, 0.25) is 5.91 Å². The van der Waals surface area contributed by atoms with Crippen molar-refractivity contribution < 1.29 is 27.5 Å². The first kappa shape index (κ1) is 19.3. The molecule has 0 bridgehead atoms. The normalized spacial score (nSPS) is 12.2. The summed E-state index contributed by atoms with van der Waals surface area (Å²) in [6, 6.07) is 12.8. The predicted octanol–water partition coefficient (Wildman–Crippen LogP) is 4.13. The molecule has 2 N–H and O–H groups in total. The quantitative estimate of drug-likeness (QED) is 0.835. The number of alkyl carbamates (subject to hydrolysis) is 1. The van der Waals surface area contributed by atoms with E-state index >= 15 is 0 Å². The van der Waals surface area contributed by atoms with Crippen molar-refractivity contribution in [2.75, 3.05) is 12.4 Å². The van der Waals surface area contributed by atoms with Crippen molar-refractivity contribution in [1.29, 1.82) is 0 Å². The fourth-order valence-corrected chi connectivity index (χ4v) is 2.30. The van der Waals surface area contributed by atoms with Crippen LogP contribution in [0.5, 0.6) is 0 Å². The van der Waals surface area contributed by atoms with E-state index in [1.165, 1.54) is 12.1 Å². The topological polar surface area (TPSA) is 67.4 Å². The van der Waals surface area contributed by atoms with E-state index in [-0.39, 0.29) is 6.42 Å². The molecule has 0 unspecified atom stereocenters. The summed E-state index contributed by atoms with van der Waals surface area (Å²) in [5, 5.41) is 5.07. The Bertz CT molecular complexity index is 747. The van der Waals surface area contributed by atoms with E-state index in [1.54, 1.807) is 30.3 Å². The van der Waals surface area contributed by atoms with E-state index in [0.29, 0.717) is 5.69 Å². The molecule has 2 rings (SSSR count). The van der Waals surface area contributed by atoms with Crippen LogP contribution in [0.15, 0.2) is 54.6 Å². The second-order valence-corrected chi connectivity index (χ2v) is 5.43. The minimum absolute atomic E-state index is 0.111. The Morgan fingerprint density at radius 1 is 1.04 bits per heavy atom. The largest absolute Gasteiger partial charge is 0.453 e. The fourth-order valence-electron chi connectivity index (χ4n) is 2.30. The number of hydrogen-bond acceptors (Lipinski definition) is 4. The monoisotopic (exact) mass is 366 g/mol. The molecule has 0 saturated heterocycles. The summed E-state index contributed by atoms with van der Waals surface area (Å²) in [6.07, 6.45) is -5.41. The third kappa shape index (κ3) is 5.51. The predicted molar refractivity (Wildman–Crippen MR) is 89.4 cm³/mol. The van der Waals surface area contributed by atoms with Gasteiger partial charge in [0.1, 0.15) is 0 Å². The lowest BCUT2D eigenvalue weighted by atomic mass is 10.0. The second kappa shape index (κ2) is 8.37. The SMILES string of the molecule is COC(=O)NC(=O)C[C@@H](Nc1ccc(C(F)(F)F)cc1)c1ccccc1. The first-order valence-corrected chi connectivity index (χ1v) is 7.66. The first-order valence-electron chi connectivity index (χ1n) is 7.66. The van der Waals surface area contributed by atoms with Gasteiger partial charge >= 0.3 is 12.3 Å². The number of carbonyl (C=O) groups excluding carboxylic acids is 2. The van der Waals surface area contributed by atoms with Gasteiger partial charge in [-0.25, -0.2) is 4.79 Å². The van der Waals surface area contributed by atoms with Gasteiger partial charge in [0.15, 0.2) is 0 Å². The summed E-state index contributed by atoms with van der Waals surface area (Å²) in [5.41, 5.74) is 0.396. The van der Waals surface area contributed by atoms with E-state index in [0.717, 1.165) is 24.8 Å². The van der Waals surface area contributed by atoms with Crippen LogP contribution >= 0.6 is 0 Å². The molecule has 8 heteroatoms. The maximum atomic E-state index is 12.7. The Morgan fingerprint density at radius 3 is 2.19 bits per heavy atom. The van der Waals surface area contributed by atoms with Crippen LogP contribution in [0.25, 0.3) is 0 Å². The highest BCUT2D eigenvalue weighted by Crippen LogP contribution is 2.31. The maximum absolute atomic E-state index is 12.7. The van der Waals surface area contributed by atoms with Crippen LogP contribution in [-0.4, -0.2) is 19.1 Å². The molecular weight excluding hydrogens is 349 g/mol. The zero-order valence-electron chi connectivity index (χ0n) is 13.8. The minimum Gasteiger partial charge on any atom is -0.453 e. The molecule has 2 aromatic rings. The van der Waals surface area contributed by atoms with Gasteiger partial charge in [0.25, 0.3) is 0 Å². The molecular formula is C18H17F3N2O3. The number of amides is 2. The minimum atomic E-state index is -4.42. The molecule has 2 aromatic carbocycles. The molecule has 2 amide bonds. The van der Waals surface area contributed by atoms with E-state index < -0.39 is 29.8 Å². The molecule has 0 heterocycles. The molecule has 5 nitrogen and oxygen atoms in total. The molecule has 138 valence electrons. The number of benzene rings is 2. The maximum Gasteiger partial charge on any atom is 0.416 e. The molecule has 0 aromatic heterocycles. The molecule has 0 saturated carbocycles. The number of hydrogen-bond donors (Lipinski definition) is 2. The molecule has 0 fully saturated rings. The summed E-state index contributed by atoms with van der Waals surface area (Å²) < 4.78 is 42.3. The Hall–Kier alpha value is -3.03. The first-order chi connectivity index (χ1) is 12.3. The van der Waals surface area contributed by atoms with Gasteiger partial charge in [-0.3, -0.25) is 10.1 Å². The van der Waals surface area contributed by atoms with E-state index in [2.05, 4.69) is 15.4 Å². The summed E-state index contributed by atoms with van der Waals surface area (Å²) in [6.45, 7) is 0. The van der Waals surface area contributed by atoms with Crippen molar-refractivity contribution in [2.24, 2.45) is 0 Å². The Balaban J connectivity index is 2.16. The standard InChI is InChI=1S/C18H17F3N2O3/c1-26-17(25)23-16(24)11-15(12-5-3-2-4-6-12)22-14-9-7-13(8-10-14)18(19,20)21/h2-10,15,22H,11H2,1H3,(H,23,24,25)/t15-/m1/s1. The lowest BCUT2D eigenvalue weighted by molar-refractivity contribution is -0.137. The average Bonchev–Trinajstić information content (AvgIpc) is 2.61. The Morgan fingerprint density at radius 2 is 1.65 bits per heavy atom. The Labute approximate surface area is 148 Å². The number of carbonyl (C=O) groups is 2. The van der Waals surface area contributed by atoms with Gasteiger partial charge in [-0.05, 0) is 29.8 Å². The van der Waals surface area contributed by atoms with Crippen LogP contribution in [0.3, 0.4) is 0 Å². The fraction of sp³-hybridized carbons (Fsp3) is 0.222. The molecule has 0 radical (unpaired) electrons. The molecule has 0 aliphatic carbocycles. The van der Waals surface area contributed by atoms with Crippen LogP contribution in [0, 0.1) is 0 Å². The van der Waals surface area contributed by atoms with Gasteiger partial charge in [-0.15, -0.1) is 0 Å². The Kier molecular flexibility index (Phi) is 6.21. The van der Waals surface area contributed by atoms with Crippen LogP contribution in [0.4, 0.5) is 23.7 Å². The number of anilines is 1. The summed E-state index contributed by atoms with van der Waals surface area (Å²) in [4.78, 5) is 23.1. The van der Waals surface area contributed by atoms with Gasteiger partial charge < -0.3 is 10.1 Å². The highest BCUT2D eigenvalue weighted by molar-refractivity contribution is 5.92. The molecule has 0 aliphatic rings. The van der Waals surface area contributed by atoms with Gasteiger partial charge in [0, 0.05) is 5.69 Å². The molecule has 0 aliphatic heterocycles. The van der Waals surface area contributed by atoms with E-state index in [1.807, 2.05) is 0 Å². The van der Waals surface area contributed by atoms with Crippen molar-refractivity contribution in [2.45, 2.75) is 18.6 Å². The zero-order chi connectivity index (χ0) is 19.2. The van der Waals surface area contributed by atoms with Crippen LogP contribution < -0.4 is 10.6 Å². The number of nitrogens with one attached hydrogen (secondary N) is 2. The van der Waals surface area contributed by atoms with Crippen LogP contribution in [0.2, 0.25) is 0 Å². The van der Waals surface area contributed by atoms with Crippen molar-refractivity contribution in [1.82, 2.24) is 5.32 Å². The number of rotatable bonds is 5. The summed E-state index contributed by atoms with van der Waals surface area (Å²) >= 11 is 0. The summed E-state index contributed by atoms with van der Waals surface area (Å²) in [5.74, 6) is -0.579. The van der Waals surface area contributed by atoms with Gasteiger partial charge in [-0.2, -0.15) is 13.2 Å². The average molecular weight is 366 g/mol. The van der Waals surface area contributed by atoms with Gasteiger partial charge in [0.05, 0.1) is 25.1 Å². The number of methoxy groups -OCH3 is 1. The molecule has 0 spiro atoms. The van der Waals surface area contributed by atoms with Crippen LogP contribution in [0.1, 0.15) is 23.6 Å². The van der Waals surface area contributed by atoms with Crippen molar-refractivity contribution in [3.63, 3.8) is 0 Å². The van der Waals surface area contributed by atoms with Crippen molar-refractivity contribution in [3.8, 4) is 0 Å². The van der Waals surface area contributed by atoms with E-state index in [9.17, 15) is 22.8 Å². The number of halogens is 3. The molecule has 1 atom stereocenters. The molecule has 26 heavy (non-hydrogen) atoms. The summed E-state index contributed by atoms with van der Waals surface area (Å²) in [7, 11) is 1.14. The number of imide groups is 1. The third-order valence-electron chi connectivity index (χ3n) is 3.57. The highest BCUT2D eigenvalue weighted by atomic mass is 19.4. The van der Waals surface area contributed by atoms with Crippen molar-refractivity contribution in [3.05, 3.63) is 65.7 Å². The zero-order valence-corrected chi connectivity index (χ0v) is 13.8. The lowest BCUT2D eigenvalue weighted by Crippen LogP contribution is -2.32. The lowest BCUT2D eigenvalue weighted by Gasteiger charge is -2.20.